The van der Waals surface area contributed by atoms with Crippen LogP contribution in [-0.4, -0.2) is 47.0 Å². The van der Waals surface area contributed by atoms with Crippen LogP contribution in [0.25, 0.3) is 6.08 Å². The summed E-state index contributed by atoms with van der Waals surface area (Å²) in [5, 5.41) is 12.4. The molecule has 0 spiro atoms. The molecule has 3 aromatic carbocycles. The number of benzene rings is 3. The van der Waals surface area contributed by atoms with Crippen molar-refractivity contribution in [3.8, 4) is 0 Å². The number of esters is 1. The first-order valence-electron chi connectivity index (χ1n) is 16.8. The van der Waals surface area contributed by atoms with Gasteiger partial charge in [0.05, 0.1) is 17.4 Å². The number of carbonyl (C=O) groups excluding carboxylic acids is 4. The zero-order valence-electron chi connectivity index (χ0n) is 28.7. The molecule has 1 aliphatic heterocycles. The quantitative estimate of drug-likeness (QED) is 0.0633. The van der Waals surface area contributed by atoms with Gasteiger partial charge in [-0.15, -0.1) is 23.1 Å². The van der Waals surface area contributed by atoms with Gasteiger partial charge in [0.2, 0.25) is 5.91 Å². The van der Waals surface area contributed by atoms with Crippen LogP contribution in [0.2, 0.25) is 0 Å². The highest BCUT2D eigenvalue weighted by Crippen LogP contribution is 2.39. The third kappa shape index (κ3) is 9.45. The van der Waals surface area contributed by atoms with E-state index in [-0.39, 0.29) is 18.2 Å². The van der Waals surface area contributed by atoms with Crippen molar-refractivity contribution in [1.29, 1.82) is 0 Å². The number of thioether (sulfide) groups is 1. The highest BCUT2D eigenvalue weighted by molar-refractivity contribution is 8.00. The third-order valence-corrected chi connectivity index (χ3v) is 11.2. The predicted octanol–water partition coefficient (Wildman–Crippen LogP) is 8.07. The minimum Gasteiger partial charge on any atom is -0.462 e. The van der Waals surface area contributed by atoms with Crippen molar-refractivity contribution in [2.24, 2.45) is 0 Å². The van der Waals surface area contributed by atoms with Gasteiger partial charge in [-0.2, -0.15) is 11.3 Å². The topological polar surface area (TPSA) is 117 Å². The average molecular weight is 751 g/mol. The number of amides is 3. The molecule has 52 heavy (non-hydrogen) atoms. The number of thiophene rings is 2. The number of fused-ring (bicyclic) bond motifs is 1. The second kappa shape index (κ2) is 17.5. The van der Waals surface area contributed by atoms with Crippen LogP contribution in [-0.2, 0) is 33.8 Å². The molecule has 0 saturated heterocycles. The van der Waals surface area contributed by atoms with Crippen molar-refractivity contribution in [2.45, 2.75) is 43.5 Å². The van der Waals surface area contributed by atoms with Gasteiger partial charge in [-0.3, -0.25) is 19.3 Å². The number of anilines is 2. The van der Waals surface area contributed by atoms with Crippen molar-refractivity contribution in [3.05, 3.63) is 140 Å². The van der Waals surface area contributed by atoms with Crippen LogP contribution < -0.4 is 16.0 Å². The molecule has 9 nitrogen and oxygen atoms in total. The number of hydrogen-bond acceptors (Lipinski definition) is 9. The monoisotopic (exact) mass is 750 g/mol. The van der Waals surface area contributed by atoms with Crippen molar-refractivity contribution < 1.29 is 23.9 Å². The number of nitrogens with one attached hydrogen (secondary N) is 3. The van der Waals surface area contributed by atoms with Crippen molar-refractivity contribution >= 4 is 74.9 Å². The van der Waals surface area contributed by atoms with Crippen molar-refractivity contribution in [3.63, 3.8) is 0 Å². The summed E-state index contributed by atoms with van der Waals surface area (Å²) in [4.78, 5) is 57.3. The number of ether oxygens (including phenoxy) is 1. The summed E-state index contributed by atoms with van der Waals surface area (Å²) in [7, 11) is 0. The molecule has 5 aromatic rings. The molecule has 0 radical (unpaired) electrons. The fourth-order valence-corrected chi connectivity index (χ4v) is 8.55. The van der Waals surface area contributed by atoms with E-state index >= 15 is 0 Å². The first-order valence-corrected chi connectivity index (χ1v) is 19.5. The summed E-state index contributed by atoms with van der Waals surface area (Å²) in [5.41, 5.74) is 4.43. The lowest BCUT2D eigenvalue weighted by Crippen LogP contribution is -2.30. The van der Waals surface area contributed by atoms with E-state index in [0.29, 0.717) is 34.8 Å². The molecule has 12 heteroatoms. The first kappa shape index (κ1) is 36.8. The molecule has 6 rings (SSSR count). The smallest absolute Gasteiger partial charge is 0.341 e. The van der Waals surface area contributed by atoms with Crippen molar-refractivity contribution in [2.75, 3.05) is 23.8 Å². The van der Waals surface area contributed by atoms with E-state index in [2.05, 4.69) is 33.0 Å². The van der Waals surface area contributed by atoms with E-state index < -0.39 is 23.0 Å². The third-order valence-electron chi connectivity index (χ3n) is 8.26. The highest BCUT2D eigenvalue weighted by atomic mass is 32.2. The van der Waals surface area contributed by atoms with Gasteiger partial charge < -0.3 is 20.7 Å². The zero-order chi connectivity index (χ0) is 36.5. The Morgan fingerprint density at radius 2 is 1.73 bits per heavy atom. The van der Waals surface area contributed by atoms with Gasteiger partial charge in [0, 0.05) is 40.7 Å². The van der Waals surface area contributed by atoms with E-state index in [1.54, 1.807) is 62.4 Å². The molecule has 0 bridgehead atoms. The summed E-state index contributed by atoms with van der Waals surface area (Å²) in [6, 6.07) is 28.0. The van der Waals surface area contributed by atoms with Gasteiger partial charge in [0.25, 0.3) is 11.8 Å². The Bertz CT molecular complexity index is 2060. The Labute approximate surface area is 315 Å². The number of nitrogens with zero attached hydrogens (tertiary/aromatic N) is 1. The van der Waals surface area contributed by atoms with Crippen LogP contribution in [0.1, 0.15) is 56.1 Å². The SMILES string of the molecule is CCOC(=O)c1c(NC(=O)C(C)Sc2cccc(NC(=O)/C(=C/c3ccsc3)NC(=O)c3ccccc3)c2)sc2c1CCN(Cc1ccccc1)C2. The van der Waals surface area contributed by atoms with Crippen LogP contribution in [0.4, 0.5) is 10.7 Å². The van der Waals surface area contributed by atoms with E-state index in [1.807, 2.05) is 47.2 Å². The maximum Gasteiger partial charge on any atom is 0.341 e. The fourth-order valence-electron chi connectivity index (χ4n) is 5.72. The van der Waals surface area contributed by atoms with Gasteiger partial charge in [-0.1, -0.05) is 54.6 Å². The Kier molecular flexibility index (Phi) is 12.4. The molecule has 0 aliphatic carbocycles. The van der Waals surface area contributed by atoms with Gasteiger partial charge in [0.1, 0.15) is 10.7 Å². The number of hydrogen-bond donors (Lipinski definition) is 3. The molecule has 3 amide bonds. The minimum absolute atomic E-state index is 0.0947. The van der Waals surface area contributed by atoms with E-state index in [9.17, 15) is 19.2 Å². The molecule has 266 valence electrons. The summed E-state index contributed by atoms with van der Waals surface area (Å²) >= 11 is 4.24. The largest absolute Gasteiger partial charge is 0.462 e. The zero-order valence-corrected chi connectivity index (χ0v) is 31.2. The summed E-state index contributed by atoms with van der Waals surface area (Å²) in [6.07, 6.45) is 2.32. The van der Waals surface area contributed by atoms with Crippen LogP contribution >= 0.6 is 34.4 Å². The van der Waals surface area contributed by atoms with Gasteiger partial charge in [-0.05, 0) is 90.2 Å². The summed E-state index contributed by atoms with van der Waals surface area (Å²) in [6.45, 7) is 6.08. The molecular formula is C40H38N4O5S3. The molecule has 1 aliphatic rings. The van der Waals surface area contributed by atoms with Gasteiger partial charge >= 0.3 is 5.97 Å². The lowest BCUT2D eigenvalue weighted by atomic mass is 10.0. The average Bonchev–Trinajstić information content (AvgIpc) is 3.79. The number of carbonyl (C=O) groups is 4. The second-order valence-electron chi connectivity index (χ2n) is 12.0. The van der Waals surface area contributed by atoms with Crippen molar-refractivity contribution in [1.82, 2.24) is 10.2 Å². The molecule has 1 unspecified atom stereocenters. The predicted molar refractivity (Wildman–Crippen MR) is 210 cm³/mol. The standard InChI is InChI=1S/C40H38N4O5S3/c1-3-49-40(48)35-32-17-19-44(23-27-11-6-4-7-12-27)24-34(32)52-39(35)43-36(45)26(2)51-31-16-10-15-30(22-31)41-38(47)33(21-28-18-20-50-25-28)42-37(46)29-13-8-5-9-14-29/h4-16,18,20-22,25-26H,3,17,19,23-24H2,1-2H3,(H,41,47)(H,42,46)(H,43,45)/b33-21-. The van der Waals surface area contributed by atoms with E-state index in [0.717, 1.165) is 34.0 Å². The Hall–Kier alpha value is -5.01. The Morgan fingerprint density at radius 3 is 2.46 bits per heavy atom. The van der Waals surface area contributed by atoms with Crippen LogP contribution in [0, 0.1) is 0 Å². The van der Waals surface area contributed by atoms with E-state index in [1.165, 1.54) is 40.0 Å². The van der Waals surface area contributed by atoms with Gasteiger partial charge in [0.15, 0.2) is 0 Å². The minimum atomic E-state index is -0.533. The molecule has 3 N–H and O–H groups in total. The second-order valence-corrected chi connectivity index (χ2v) is 15.3. The number of rotatable bonds is 13. The first-order chi connectivity index (χ1) is 25.3. The molecule has 3 heterocycles. The maximum absolute atomic E-state index is 13.6. The molecular weight excluding hydrogens is 713 g/mol. The van der Waals surface area contributed by atoms with E-state index in [4.69, 9.17) is 4.74 Å². The molecule has 2 aromatic heterocycles. The lowest BCUT2D eigenvalue weighted by molar-refractivity contribution is -0.115. The summed E-state index contributed by atoms with van der Waals surface area (Å²) in [5.74, 6) is -1.57. The Morgan fingerprint density at radius 1 is 0.962 bits per heavy atom. The van der Waals surface area contributed by atoms with Crippen LogP contribution in [0.5, 0.6) is 0 Å². The normalized spacial score (nSPS) is 13.5. The molecule has 0 saturated carbocycles. The Balaban J connectivity index is 1.13. The lowest BCUT2D eigenvalue weighted by Gasteiger charge is -2.27. The summed E-state index contributed by atoms with van der Waals surface area (Å²) < 4.78 is 5.42. The van der Waals surface area contributed by atoms with Crippen LogP contribution in [0.15, 0.2) is 112 Å². The van der Waals surface area contributed by atoms with Crippen LogP contribution in [0.3, 0.4) is 0 Å². The van der Waals surface area contributed by atoms with Gasteiger partial charge in [-0.25, -0.2) is 4.79 Å². The molecule has 1 atom stereocenters. The highest BCUT2D eigenvalue weighted by Gasteiger charge is 2.30. The maximum atomic E-state index is 13.6. The molecule has 0 fully saturated rings. The fraction of sp³-hybridized carbons (Fsp3) is 0.200.